The molecule has 1 aromatic carbocycles. The van der Waals surface area contributed by atoms with Gasteiger partial charge in [-0.25, -0.2) is 5.43 Å². The predicted molar refractivity (Wildman–Crippen MR) is 75.0 cm³/mol. The molecule has 0 spiro atoms. The highest BCUT2D eigenvalue weighted by atomic mass is 16.5. The highest BCUT2D eigenvalue weighted by Crippen LogP contribution is 2.23. The third-order valence-electron chi connectivity index (χ3n) is 3.30. The number of para-hydroxylation sites is 2. The number of ether oxygens (including phenoxy) is 1. The predicted octanol–water partition coefficient (Wildman–Crippen LogP) is 1.67. The summed E-state index contributed by atoms with van der Waals surface area (Å²) in [7, 11) is 1.59. The largest absolute Gasteiger partial charge is 0.495 e. The van der Waals surface area contributed by atoms with Crippen LogP contribution in [0.2, 0.25) is 0 Å². The van der Waals surface area contributed by atoms with Crippen LogP contribution in [0.1, 0.15) is 26.2 Å². The number of anilines is 1. The standard InChI is InChI=1S/C14H21N3O2/c1-3-6-10-9-12(17-16-10)14(18)15-11-7-4-5-8-13(11)19-2/h4-5,7-8,10,12,16-17H,3,6,9H2,1-2H3,(H,15,18). The Balaban J connectivity index is 1.94. The molecule has 1 aliphatic heterocycles. The number of amides is 1. The molecule has 1 fully saturated rings. The number of hydrogen-bond acceptors (Lipinski definition) is 4. The summed E-state index contributed by atoms with van der Waals surface area (Å²) in [5.74, 6) is 0.641. The summed E-state index contributed by atoms with van der Waals surface area (Å²) in [6.07, 6.45) is 3.00. The summed E-state index contributed by atoms with van der Waals surface area (Å²) in [4.78, 5) is 12.2. The first-order chi connectivity index (χ1) is 9.24. The maximum atomic E-state index is 12.2. The van der Waals surface area contributed by atoms with Gasteiger partial charge in [0.05, 0.1) is 12.8 Å². The second-order valence-electron chi connectivity index (χ2n) is 4.75. The summed E-state index contributed by atoms with van der Waals surface area (Å²) >= 11 is 0. The van der Waals surface area contributed by atoms with Gasteiger partial charge in [-0.1, -0.05) is 25.5 Å². The number of rotatable bonds is 5. The lowest BCUT2D eigenvalue weighted by Gasteiger charge is -2.13. The molecule has 0 radical (unpaired) electrons. The van der Waals surface area contributed by atoms with E-state index in [9.17, 15) is 4.79 Å². The van der Waals surface area contributed by atoms with Crippen LogP contribution in [0.15, 0.2) is 24.3 Å². The molecule has 5 heteroatoms. The molecular weight excluding hydrogens is 242 g/mol. The average molecular weight is 263 g/mol. The number of carbonyl (C=O) groups is 1. The van der Waals surface area contributed by atoms with Crippen LogP contribution in [0.5, 0.6) is 5.75 Å². The smallest absolute Gasteiger partial charge is 0.243 e. The minimum absolute atomic E-state index is 0.0318. The Morgan fingerprint density at radius 2 is 2.21 bits per heavy atom. The first-order valence-corrected chi connectivity index (χ1v) is 6.69. The van der Waals surface area contributed by atoms with Crippen LogP contribution in [-0.2, 0) is 4.79 Å². The van der Waals surface area contributed by atoms with Crippen molar-refractivity contribution >= 4 is 11.6 Å². The molecular formula is C14H21N3O2. The first-order valence-electron chi connectivity index (χ1n) is 6.69. The summed E-state index contributed by atoms with van der Waals surface area (Å²) in [5.41, 5.74) is 6.91. The molecule has 2 rings (SSSR count). The number of benzene rings is 1. The molecule has 1 aliphatic rings. The zero-order valence-electron chi connectivity index (χ0n) is 11.4. The van der Waals surface area contributed by atoms with Crippen molar-refractivity contribution in [3.63, 3.8) is 0 Å². The molecule has 1 saturated heterocycles. The zero-order valence-corrected chi connectivity index (χ0v) is 11.4. The number of hydrazine groups is 1. The molecule has 0 aromatic heterocycles. The van der Waals surface area contributed by atoms with Crippen molar-refractivity contribution in [2.75, 3.05) is 12.4 Å². The Hall–Kier alpha value is -1.59. The summed E-state index contributed by atoms with van der Waals surface area (Å²) in [5, 5.41) is 2.90. The highest BCUT2D eigenvalue weighted by molar-refractivity contribution is 5.96. The number of methoxy groups -OCH3 is 1. The molecule has 2 unspecified atom stereocenters. The second kappa shape index (κ2) is 6.54. The Morgan fingerprint density at radius 3 is 2.95 bits per heavy atom. The van der Waals surface area contributed by atoms with E-state index < -0.39 is 0 Å². The van der Waals surface area contributed by atoms with Crippen LogP contribution in [0, 0.1) is 0 Å². The van der Waals surface area contributed by atoms with E-state index in [1.54, 1.807) is 7.11 Å². The third-order valence-corrected chi connectivity index (χ3v) is 3.30. The Bertz CT molecular complexity index is 436. The van der Waals surface area contributed by atoms with E-state index >= 15 is 0 Å². The van der Waals surface area contributed by atoms with Crippen LogP contribution in [-0.4, -0.2) is 25.1 Å². The lowest BCUT2D eigenvalue weighted by molar-refractivity contribution is -0.117. The monoisotopic (exact) mass is 263 g/mol. The van der Waals surface area contributed by atoms with E-state index in [0.717, 1.165) is 19.3 Å². The normalized spacial score (nSPS) is 22.2. The van der Waals surface area contributed by atoms with Gasteiger partial charge in [-0.15, -0.1) is 0 Å². The zero-order chi connectivity index (χ0) is 13.7. The topological polar surface area (TPSA) is 62.4 Å². The van der Waals surface area contributed by atoms with Crippen molar-refractivity contribution in [2.45, 2.75) is 38.3 Å². The van der Waals surface area contributed by atoms with Crippen molar-refractivity contribution in [2.24, 2.45) is 0 Å². The van der Waals surface area contributed by atoms with Crippen molar-refractivity contribution in [1.82, 2.24) is 10.9 Å². The molecule has 0 bridgehead atoms. The number of carbonyl (C=O) groups excluding carboxylic acids is 1. The maximum Gasteiger partial charge on any atom is 0.243 e. The van der Waals surface area contributed by atoms with Gasteiger partial charge in [0.15, 0.2) is 0 Å². The van der Waals surface area contributed by atoms with E-state index in [1.807, 2.05) is 24.3 Å². The number of nitrogens with one attached hydrogen (secondary N) is 3. The van der Waals surface area contributed by atoms with Crippen molar-refractivity contribution < 1.29 is 9.53 Å². The highest BCUT2D eigenvalue weighted by Gasteiger charge is 2.28. The van der Waals surface area contributed by atoms with E-state index in [-0.39, 0.29) is 11.9 Å². The summed E-state index contributed by atoms with van der Waals surface area (Å²) < 4.78 is 5.22. The molecule has 104 valence electrons. The molecule has 0 aliphatic carbocycles. The third kappa shape index (κ3) is 3.45. The van der Waals surface area contributed by atoms with E-state index in [4.69, 9.17) is 4.74 Å². The van der Waals surface area contributed by atoms with Crippen LogP contribution >= 0.6 is 0 Å². The van der Waals surface area contributed by atoms with Gasteiger partial charge >= 0.3 is 0 Å². The van der Waals surface area contributed by atoms with E-state index in [1.165, 1.54) is 0 Å². The van der Waals surface area contributed by atoms with Crippen molar-refractivity contribution in [3.8, 4) is 5.75 Å². The molecule has 1 aromatic rings. The van der Waals surface area contributed by atoms with Crippen LogP contribution < -0.4 is 20.9 Å². The fourth-order valence-electron chi connectivity index (χ4n) is 2.30. The minimum Gasteiger partial charge on any atom is -0.495 e. The van der Waals surface area contributed by atoms with Crippen LogP contribution in [0.4, 0.5) is 5.69 Å². The maximum absolute atomic E-state index is 12.2. The second-order valence-corrected chi connectivity index (χ2v) is 4.75. The van der Waals surface area contributed by atoms with Crippen LogP contribution in [0.3, 0.4) is 0 Å². The SMILES string of the molecule is CCCC1CC(C(=O)Nc2ccccc2OC)NN1. The Kier molecular flexibility index (Phi) is 4.76. The van der Waals surface area contributed by atoms with Gasteiger partial charge in [-0.3, -0.25) is 10.2 Å². The Morgan fingerprint density at radius 1 is 1.42 bits per heavy atom. The van der Waals surface area contributed by atoms with Gasteiger partial charge in [0, 0.05) is 6.04 Å². The summed E-state index contributed by atoms with van der Waals surface area (Å²) in [6, 6.07) is 7.60. The molecule has 5 nitrogen and oxygen atoms in total. The molecule has 1 amide bonds. The fourth-order valence-corrected chi connectivity index (χ4v) is 2.30. The van der Waals surface area contributed by atoms with Gasteiger partial charge in [-0.05, 0) is 25.0 Å². The van der Waals surface area contributed by atoms with Gasteiger partial charge < -0.3 is 10.1 Å². The van der Waals surface area contributed by atoms with Gasteiger partial charge in [0.2, 0.25) is 5.91 Å². The average Bonchev–Trinajstić information content (AvgIpc) is 2.88. The van der Waals surface area contributed by atoms with Crippen LogP contribution in [0.25, 0.3) is 0 Å². The fraction of sp³-hybridized carbons (Fsp3) is 0.500. The van der Waals surface area contributed by atoms with Crippen molar-refractivity contribution in [3.05, 3.63) is 24.3 Å². The van der Waals surface area contributed by atoms with Crippen molar-refractivity contribution in [1.29, 1.82) is 0 Å². The molecule has 2 atom stereocenters. The van der Waals surface area contributed by atoms with Gasteiger partial charge in [0.1, 0.15) is 11.8 Å². The van der Waals surface area contributed by atoms with E-state index in [2.05, 4.69) is 23.1 Å². The molecule has 0 saturated carbocycles. The minimum atomic E-state index is -0.193. The molecule has 1 heterocycles. The van der Waals surface area contributed by atoms with Gasteiger partial charge in [0.25, 0.3) is 0 Å². The van der Waals surface area contributed by atoms with Gasteiger partial charge in [-0.2, -0.15) is 0 Å². The number of hydrogen-bond donors (Lipinski definition) is 3. The van der Waals surface area contributed by atoms with E-state index in [0.29, 0.717) is 17.5 Å². The quantitative estimate of drug-likeness (QED) is 0.756. The Labute approximate surface area is 113 Å². The lowest BCUT2D eigenvalue weighted by atomic mass is 10.1. The lowest BCUT2D eigenvalue weighted by Crippen LogP contribution is -2.40. The molecule has 19 heavy (non-hydrogen) atoms. The summed E-state index contributed by atoms with van der Waals surface area (Å²) in [6.45, 7) is 2.14. The molecule has 3 N–H and O–H groups in total. The first kappa shape index (κ1) is 13.8.